The van der Waals surface area contributed by atoms with Gasteiger partial charge in [0.15, 0.2) is 0 Å². The molecule has 1 aromatic carbocycles. The van der Waals surface area contributed by atoms with Gasteiger partial charge in [0, 0.05) is 0 Å². The van der Waals surface area contributed by atoms with Gasteiger partial charge in [0.25, 0.3) is 0 Å². The van der Waals surface area contributed by atoms with Crippen LogP contribution in [0, 0.1) is 0 Å². The van der Waals surface area contributed by atoms with Crippen LogP contribution in [0.5, 0.6) is 5.75 Å². The van der Waals surface area contributed by atoms with Crippen molar-refractivity contribution in [3.8, 4) is 5.75 Å². The van der Waals surface area contributed by atoms with E-state index in [0.717, 1.165) is 12.1 Å². The highest BCUT2D eigenvalue weighted by molar-refractivity contribution is 6.31. The van der Waals surface area contributed by atoms with E-state index in [4.69, 9.17) is 16.7 Å². The predicted octanol–water partition coefficient (Wildman–Crippen LogP) is 3.63. The number of rotatable bonds is 1. The van der Waals surface area contributed by atoms with Gasteiger partial charge >= 0.3 is 6.18 Å². The number of hydrogen-bond acceptors (Lipinski definition) is 1. The molecule has 1 N–H and O–H groups in total. The third-order valence-electron chi connectivity index (χ3n) is 1.82. The standard InChI is InChI=1S/C9H8ClF3O/c1-2-5-3-6(14)4-7(10)8(5)9(11,12)13/h3-4,14H,2H2,1H3. The zero-order valence-corrected chi connectivity index (χ0v) is 8.08. The molecule has 0 unspecified atom stereocenters. The van der Waals surface area contributed by atoms with Crippen LogP contribution in [-0.4, -0.2) is 5.11 Å². The maximum Gasteiger partial charge on any atom is 0.418 e. The molecule has 1 nitrogen and oxygen atoms in total. The lowest BCUT2D eigenvalue weighted by Gasteiger charge is -2.13. The van der Waals surface area contributed by atoms with Gasteiger partial charge in [-0.05, 0) is 24.1 Å². The number of aromatic hydroxyl groups is 1. The highest BCUT2D eigenvalue weighted by atomic mass is 35.5. The molecule has 0 heterocycles. The summed E-state index contributed by atoms with van der Waals surface area (Å²) in [6.07, 6.45) is -4.31. The van der Waals surface area contributed by atoms with E-state index in [9.17, 15) is 13.2 Å². The van der Waals surface area contributed by atoms with Crippen LogP contribution in [0.1, 0.15) is 18.1 Å². The fourth-order valence-electron chi connectivity index (χ4n) is 1.24. The molecule has 1 rings (SSSR count). The monoisotopic (exact) mass is 224 g/mol. The van der Waals surface area contributed by atoms with Crippen molar-refractivity contribution in [2.24, 2.45) is 0 Å². The molecular weight excluding hydrogens is 217 g/mol. The Hall–Kier alpha value is -0.900. The highest BCUT2D eigenvalue weighted by Crippen LogP contribution is 2.39. The number of halogens is 4. The molecule has 0 aliphatic carbocycles. The smallest absolute Gasteiger partial charge is 0.418 e. The number of phenols is 1. The normalized spacial score (nSPS) is 11.8. The van der Waals surface area contributed by atoms with Crippen LogP contribution in [-0.2, 0) is 12.6 Å². The second kappa shape index (κ2) is 3.69. The van der Waals surface area contributed by atoms with E-state index in [-0.39, 0.29) is 17.7 Å². The first-order valence-electron chi connectivity index (χ1n) is 3.94. The molecule has 0 fully saturated rings. The van der Waals surface area contributed by atoms with Gasteiger partial charge in [-0.2, -0.15) is 13.2 Å². The summed E-state index contributed by atoms with van der Waals surface area (Å²) in [6.45, 7) is 1.57. The Morgan fingerprint density at radius 3 is 2.36 bits per heavy atom. The second-order valence-corrected chi connectivity index (χ2v) is 3.22. The Morgan fingerprint density at radius 1 is 1.36 bits per heavy atom. The van der Waals surface area contributed by atoms with E-state index >= 15 is 0 Å². The molecule has 0 bridgehead atoms. The van der Waals surface area contributed by atoms with Crippen LogP contribution < -0.4 is 0 Å². The topological polar surface area (TPSA) is 20.2 Å². The van der Waals surface area contributed by atoms with Crippen molar-refractivity contribution in [1.29, 1.82) is 0 Å². The molecule has 5 heteroatoms. The third-order valence-corrected chi connectivity index (χ3v) is 2.12. The average molecular weight is 225 g/mol. The van der Waals surface area contributed by atoms with Gasteiger partial charge < -0.3 is 5.11 Å². The van der Waals surface area contributed by atoms with Crippen LogP contribution in [0.15, 0.2) is 12.1 Å². The van der Waals surface area contributed by atoms with Crippen molar-refractivity contribution in [3.63, 3.8) is 0 Å². The molecular formula is C9H8ClF3O. The summed E-state index contributed by atoms with van der Waals surface area (Å²) in [4.78, 5) is 0. The number of hydrogen-bond donors (Lipinski definition) is 1. The molecule has 78 valence electrons. The van der Waals surface area contributed by atoms with Crippen molar-refractivity contribution in [3.05, 3.63) is 28.3 Å². The SMILES string of the molecule is CCc1cc(O)cc(Cl)c1C(F)(F)F. The van der Waals surface area contributed by atoms with Crippen LogP contribution in [0.3, 0.4) is 0 Å². The maximum atomic E-state index is 12.5. The molecule has 1 aromatic rings. The van der Waals surface area contributed by atoms with E-state index in [2.05, 4.69) is 0 Å². The lowest BCUT2D eigenvalue weighted by Crippen LogP contribution is -2.09. The summed E-state index contributed by atoms with van der Waals surface area (Å²) in [5.41, 5.74) is -0.859. The fraction of sp³-hybridized carbons (Fsp3) is 0.333. The minimum Gasteiger partial charge on any atom is -0.508 e. The Kier molecular flexibility index (Phi) is 2.95. The van der Waals surface area contributed by atoms with Gasteiger partial charge in [0.1, 0.15) is 5.75 Å². The Bertz CT molecular complexity index is 347. The molecule has 0 aliphatic heterocycles. The quantitative estimate of drug-likeness (QED) is 0.772. The summed E-state index contributed by atoms with van der Waals surface area (Å²) < 4.78 is 37.4. The third kappa shape index (κ3) is 2.12. The van der Waals surface area contributed by atoms with Crippen LogP contribution in [0.2, 0.25) is 5.02 Å². The van der Waals surface area contributed by atoms with Gasteiger partial charge in [-0.3, -0.25) is 0 Å². The highest BCUT2D eigenvalue weighted by Gasteiger charge is 2.35. The summed E-state index contributed by atoms with van der Waals surface area (Å²) in [5.74, 6) is -0.250. The molecule has 0 saturated heterocycles. The lowest BCUT2D eigenvalue weighted by atomic mass is 10.0. The molecule has 0 saturated carbocycles. The summed E-state index contributed by atoms with van der Waals surface area (Å²) >= 11 is 5.42. The maximum absolute atomic E-state index is 12.5. The van der Waals surface area contributed by atoms with Crippen LogP contribution >= 0.6 is 11.6 Å². The Labute approximate surface area is 84.1 Å². The van der Waals surface area contributed by atoms with E-state index < -0.39 is 16.8 Å². The predicted molar refractivity (Wildman–Crippen MR) is 47.5 cm³/mol. The molecule has 0 spiro atoms. The number of aryl methyl sites for hydroxylation is 1. The zero-order valence-electron chi connectivity index (χ0n) is 7.32. The first-order valence-corrected chi connectivity index (χ1v) is 4.32. The summed E-state index contributed by atoms with van der Waals surface area (Å²) in [5, 5.41) is 8.60. The fourth-order valence-corrected chi connectivity index (χ4v) is 1.58. The van der Waals surface area contributed by atoms with Crippen molar-refractivity contribution in [2.45, 2.75) is 19.5 Å². The van der Waals surface area contributed by atoms with Crippen molar-refractivity contribution < 1.29 is 18.3 Å². The van der Waals surface area contributed by atoms with Crippen LogP contribution in [0.25, 0.3) is 0 Å². The number of phenolic OH excluding ortho intramolecular Hbond substituents is 1. The zero-order chi connectivity index (χ0) is 10.9. The first-order chi connectivity index (χ1) is 6.36. The van der Waals surface area contributed by atoms with Gasteiger partial charge in [0.2, 0.25) is 0 Å². The Morgan fingerprint density at radius 2 is 1.93 bits per heavy atom. The van der Waals surface area contributed by atoms with E-state index in [1.165, 1.54) is 0 Å². The largest absolute Gasteiger partial charge is 0.508 e. The minimum absolute atomic E-state index is 0.00231. The minimum atomic E-state index is -4.48. The van der Waals surface area contributed by atoms with Gasteiger partial charge in [0.05, 0.1) is 10.6 Å². The molecule has 0 radical (unpaired) electrons. The Balaban J connectivity index is 3.40. The molecule has 0 aliphatic rings. The number of alkyl halides is 3. The summed E-state index contributed by atoms with van der Waals surface area (Å²) in [6, 6.07) is 1.97. The van der Waals surface area contributed by atoms with E-state index in [0.29, 0.717) is 0 Å². The first kappa shape index (κ1) is 11.2. The van der Waals surface area contributed by atoms with Gasteiger partial charge in [-0.1, -0.05) is 18.5 Å². The van der Waals surface area contributed by atoms with Gasteiger partial charge in [-0.15, -0.1) is 0 Å². The molecule has 0 aromatic heterocycles. The summed E-state index contributed by atoms with van der Waals surface area (Å²) in [7, 11) is 0. The van der Waals surface area contributed by atoms with Crippen molar-refractivity contribution in [2.75, 3.05) is 0 Å². The molecule has 0 amide bonds. The van der Waals surface area contributed by atoms with Crippen molar-refractivity contribution in [1.82, 2.24) is 0 Å². The average Bonchev–Trinajstić information content (AvgIpc) is 1.99. The molecule has 0 atom stereocenters. The molecule has 14 heavy (non-hydrogen) atoms. The van der Waals surface area contributed by atoms with E-state index in [1.54, 1.807) is 6.92 Å². The van der Waals surface area contributed by atoms with Crippen LogP contribution in [0.4, 0.5) is 13.2 Å². The van der Waals surface area contributed by atoms with Crippen molar-refractivity contribution >= 4 is 11.6 Å². The second-order valence-electron chi connectivity index (χ2n) is 2.81. The van der Waals surface area contributed by atoms with E-state index in [1.807, 2.05) is 0 Å². The lowest BCUT2D eigenvalue weighted by molar-refractivity contribution is -0.138. The van der Waals surface area contributed by atoms with Gasteiger partial charge in [-0.25, -0.2) is 0 Å². The number of benzene rings is 1.